The maximum Gasteiger partial charge on any atom is 0.222 e. The van der Waals surface area contributed by atoms with Crippen LogP contribution < -0.4 is 5.32 Å². The van der Waals surface area contributed by atoms with Crippen LogP contribution in [0.2, 0.25) is 0 Å². The Balaban J connectivity index is 1.75. The molecule has 1 aliphatic rings. The first-order chi connectivity index (χ1) is 9.31. The Morgan fingerprint density at radius 2 is 2.58 bits per heavy atom. The zero-order valence-electron chi connectivity index (χ0n) is 10.9. The van der Waals surface area contributed by atoms with E-state index in [9.17, 15) is 4.79 Å². The number of hydrogen-bond acceptors (Lipinski definition) is 5. The Hall–Kier alpha value is -0.850. The van der Waals surface area contributed by atoms with Crippen molar-refractivity contribution in [2.75, 3.05) is 25.4 Å². The van der Waals surface area contributed by atoms with Gasteiger partial charge >= 0.3 is 0 Å². The van der Waals surface area contributed by atoms with Crippen molar-refractivity contribution < 1.29 is 4.79 Å². The highest BCUT2D eigenvalue weighted by atomic mass is 32.2. The molecule has 0 radical (unpaired) electrons. The average Bonchev–Trinajstić information content (AvgIpc) is 3.03. The van der Waals surface area contributed by atoms with E-state index in [4.69, 9.17) is 0 Å². The molecule has 0 aliphatic carbocycles. The number of aromatic nitrogens is 1. The molecule has 19 heavy (non-hydrogen) atoms. The molecule has 0 unspecified atom stereocenters. The summed E-state index contributed by atoms with van der Waals surface area (Å²) in [7, 11) is 0. The van der Waals surface area contributed by atoms with E-state index in [1.807, 2.05) is 22.6 Å². The van der Waals surface area contributed by atoms with Gasteiger partial charge in [0.25, 0.3) is 0 Å². The molecule has 0 bridgehead atoms. The quantitative estimate of drug-likeness (QED) is 0.453. The Kier molecular flexibility index (Phi) is 5.88. The van der Waals surface area contributed by atoms with Crippen molar-refractivity contribution in [1.82, 2.24) is 15.2 Å². The van der Waals surface area contributed by atoms with Crippen molar-refractivity contribution in [2.45, 2.75) is 23.2 Å². The second-order valence-electron chi connectivity index (χ2n) is 4.37. The average molecular weight is 297 g/mol. The number of carbonyl (C=O) groups excluding carboxylic acids is 1. The van der Waals surface area contributed by atoms with Gasteiger partial charge in [0.1, 0.15) is 4.34 Å². The molecular weight excluding hydrogens is 278 g/mol. The molecule has 4 nitrogen and oxygen atoms in total. The first-order valence-electron chi connectivity index (χ1n) is 6.44. The second kappa shape index (κ2) is 7.67. The Bertz CT molecular complexity index is 408. The van der Waals surface area contributed by atoms with Crippen LogP contribution in [0, 0.1) is 0 Å². The van der Waals surface area contributed by atoms with Crippen LogP contribution in [0.5, 0.6) is 0 Å². The second-order valence-corrected chi connectivity index (χ2v) is 6.61. The molecule has 6 heteroatoms. The van der Waals surface area contributed by atoms with Crippen LogP contribution in [0.4, 0.5) is 0 Å². The summed E-state index contributed by atoms with van der Waals surface area (Å²) in [6.07, 6.45) is 5.31. The molecule has 1 N–H and O–H groups in total. The number of carbonyl (C=O) groups is 1. The molecular formula is C13H19N3OS2. The zero-order chi connectivity index (χ0) is 13.5. The van der Waals surface area contributed by atoms with Crippen molar-refractivity contribution in [3.05, 3.63) is 24.2 Å². The largest absolute Gasteiger partial charge is 0.338 e. The minimum Gasteiger partial charge on any atom is -0.338 e. The monoisotopic (exact) mass is 297 g/mol. The number of hydrogen-bond donors (Lipinski definition) is 1. The highest BCUT2D eigenvalue weighted by Gasteiger charge is 2.29. The number of amides is 1. The van der Waals surface area contributed by atoms with E-state index in [0.717, 1.165) is 36.1 Å². The summed E-state index contributed by atoms with van der Waals surface area (Å²) in [4.78, 5) is 18.1. The summed E-state index contributed by atoms with van der Waals surface area (Å²) in [5, 5.41) is 5.28. The fraction of sp³-hybridized carbons (Fsp3) is 0.538. The van der Waals surface area contributed by atoms with Crippen LogP contribution >= 0.6 is 23.1 Å². The summed E-state index contributed by atoms with van der Waals surface area (Å²) < 4.78 is 1.08. The molecule has 1 aliphatic heterocycles. The Morgan fingerprint density at radius 3 is 3.32 bits per heavy atom. The zero-order valence-corrected chi connectivity index (χ0v) is 12.5. The van der Waals surface area contributed by atoms with Gasteiger partial charge in [-0.25, -0.2) is 4.98 Å². The Labute approximate surface area is 122 Å². The van der Waals surface area contributed by atoms with Gasteiger partial charge in [-0.1, -0.05) is 17.8 Å². The number of nitrogens with zero attached hydrogens (tertiary/aromatic N) is 2. The van der Waals surface area contributed by atoms with Crippen LogP contribution in [-0.2, 0) is 4.79 Å². The lowest BCUT2D eigenvalue weighted by Gasteiger charge is -2.24. The number of likely N-dealkylation sites (tertiary alicyclic amines) is 1. The third-order valence-corrected chi connectivity index (χ3v) is 5.03. The molecule has 0 saturated carbocycles. The van der Waals surface area contributed by atoms with Gasteiger partial charge in [-0.3, -0.25) is 4.79 Å². The lowest BCUT2D eigenvalue weighted by Crippen LogP contribution is -2.41. The fourth-order valence-electron chi connectivity index (χ4n) is 2.18. The first kappa shape index (κ1) is 14.6. The Morgan fingerprint density at radius 1 is 1.68 bits per heavy atom. The van der Waals surface area contributed by atoms with E-state index in [1.54, 1.807) is 23.1 Å². The number of thioether (sulfide) groups is 1. The van der Waals surface area contributed by atoms with Gasteiger partial charge in [0.2, 0.25) is 5.91 Å². The SMILES string of the molecule is C=CCNC[C@H]1CCC(=O)N1CCSc1nccs1. The number of rotatable bonds is 8. The number of nitrogens with one attached hydrogen (secondary N) is 1. The van der Waals surface area contributed by atoms with Crippen molar-refractivity contribution in [2.24, 2.45) is 0 Å². The summed E-state index contributed by atoms with van der Waals surface area (Å²) >= 11 is 3.37. The van der Waals surface area contributed by atoms with Gasteiger partial charge in [0.05, 0.1) is 0 Å². The van der Waals surface area contributed by atoms with Crippen LogP contribution in [0.1, 0.15) is 12.8 Å². The lowest BCUT2D eigenvalue weighted by molar-refractivity contribution is -0.128. The minimum absolute atomic E-state index is 0.283. The summed E-state index contributed by atoms with van der Waals surface area (Å²) in [5.41, 5.74) is 0. The smallest absolute Gasteiger partial charge is 0.222 e. The van der Waals surface area contributed by atoms with Gasteiger partial charge in [-0.05, 0) is 6.42 Å². The van der Waals surface area contributed by atoms with E-state index in [1.165, 1.54) is 0 Å². The molecule has 0 aromatic carbocycles. The van der Waals surface area contributed by atoms with Crippen LogP contribution in [0.15, 0.2) is 28.6 Å². The van der Waals surface area contributed by atoms with E-state index in [0.29, 0.717) is 12.5 Å². The fourth-order valence-corrected chi connectivity index (χ4v) is 3.82. The van der Waals surface area contributed by atoms with E-state index in [-0.39, 0.29) is 5.91 Å². The van der Waals surface area contributed by atoms with Crippen molar-refractivity contribution in [3.63, 3.8) is 0 Å². The van der Waals surface area contributed by atoms with E-state index >= 15 is 0 Å². The van der Waals surface area contributed by atoms with Gasteiger partial charge in [0, 0.05) is 49.4 Å². The third kappa shape index (κ3) is 4.33. The van der Waals surface area contributed by atoms with Gasteiger partial charge < -0.3 is 10.2 Å². The molecule has 0 spiro atoms. The number of thiazole rings is 1. The molecule has 1 aromatic heterocycles. The molecule has 1 saturated heterocycles. The maximum absolute atomic E-state index is 11.9. The molecule has 2 heterocycles. The molecule has 1 aromatic rings. The molecule has 2 rings (SSSR count). The van der Waals surface area contributed by atoms with E-state index < -0.39 is 0 Å². The molecule has 104 valence electrons. The van der Waals surface area contributed by atoms with E-state index in [2.05, 4.69) is 16.9 Å². The van der Waals surface area contributed by atoms with Crippen LogP contribution in [0.25, 0.3) is 0 Å². The normalized spacial score (nSPS) is 19.1. The van der Waals surface area contributed by atoms with Crippen molar-refractivity contribution in [3.8, 4) is 0 Å². The maximum atomic E-state index is 11.9. The standard InChI is InChI=1S/C13H19N3OS2/c1-2-5-14-10-11-3-4-12(17)16(11)7-9-19-13-15-6-8-18-13/h2,6,8,11,14H,1,3-5,7,9-10H2/t11-/m1/s1. The summed E-state index contributed by atoms with van der Waals surface area (Å²) in [6, 6.07) is 0.337. The predicted octanol–water partition coefficient (Wildman–Crippen LogP) is 2.00. The van der Waals surface area contributed by atoms with Gasteiger partial charge in [0.15, 0.2) is 0 Å². The molecule has 1 amide bonds. The minimum atomic E-state index is 0.283. The van der Waals surface area contributed by atoms with Gasteiger partial charge in [-0.15, -0.1) is 17.9 Å². The summed E-state index contributed by atoms with van der Waals surface area (Å²) in [6.45, 7) is 6.15. The summed E-state index contributed by atoms with van der Waals surface area (Å²) in [5.74, 6) is 1.20. The van der Waals surface area contributed by atoms with Crippen molar-refractivity contribution in [1.29, 1.82) is 0 Å². The highest BCUT2D eigenvalue weighted by Crippen LogP contribution is 2.23. The lowest BCUT2D eigenvalue weighted by atomic mass is 10.2. The highest BCUT2D eigenvalue weighted by molar-refractivity contribution is 8.01. The van der Waals surface area contributed by atoms with Crippen LogP contribution in [-0.4, -0.2) is 47.2 Å². The first-order valence-corrected chi connectivity index (χ1v) is 8.31. The van der Waals surface area contributed by atoms with Crippen molar-refractivity contribution >= 4 is 29.0 Å². The third-order valence-electron chi connectivity index (χ3n) is 3.09. The van der Waals surface area contributed by atoms with Gasteiger partial charge in [-0.2, -0.15) is 0 Å². The van der Waals surface area contributed by atoms with Crippen LogP contribution in [0.3, 0.4) is 0 Å². The topological polar surface area (TPSA) is 45.2 Å². The molecule has 1 atom stereocenters. The molecule has 1 fully saturated rings. The predicted molar refractivity (Wildman–Crippen MR) is 80.6 cm³/mol.